The molecule has 5 nitrogen and oxygen atoms in total. The standard InChI is InChI=1S/C45H40O5/c1-7-19-36(20-8-1)21-9-6-18-30-41-43(47-32-38-24-12-3-13-25-38)45(49-34-40-28-16-5-17-29-40)44(48-33-39-26-14-4-15-27-39)42(50-41)35-46-31-37-22-10-2-11-23-37/h1-5,7-8,10-17,19-20,22-30,42-45H,31-35H2/b41-30-/t42-,43+,44-,45-/m1/s1. The molecule has 50 heavy (non-hydrogen) atoms. The summed E-state index contributed by atoms with van der Waals surface area (Å²) in [6.45, 7) is 1.78. The summed E-state index contributed by atoms with van der Waals surface area (Å²) < 4.78 is 33.2. The highest BCUT2D eigenvalue weighted by atomic mass is 16.6. The smallest absolute Gasteiger partial charge is 0.150 e. The number of hydrogen-bond donors (Lipinski definition) is 0. The van der Waals surface area contributed by atoms with Gasteiger partial charge in [-0.05, 0) is 46.2 Å². The molecule has 0 bridgehead atoms. The lowest BCUT2D eigenvalue weighted by Crippen LogP contribution is -2.56. The lowest BCUT2D eigenvalue weighted by molar-refractivity contribution is -0.223. The lowest BCUT2D eigenvalue weighted by atomic mass is 9.96. The van der Waals surface area contributed by atoms with Gasteiger partial charge >= 0.3 is 0 Å². The predicted molar refractivity (Wildman–Crippen MR) is 195 cm³/mol. The zero-order valence-electron chi connectivity index (χ0n) is 27.9. The molecule has 1 aliphatic heterocycles. The average molecular weight is 661 g/mol. The Bertz CT molecular complexity index is 1870. The minimum Gasteiger partial charge on any atom is -0.486 e. The Kier molecular flexibility index (Phi) is 13.1. The summed E-state index contributed by atoms with van der Waals surface area (Å²) in [7, 11) is 0. The molecule has 0 aliphatic carbocycles. The molecule has 5 heteroatoms. The molecule has 0 aromatic heterocycles. The third-order valence-corrected chi connectivity index (χ3v) is 8.12. The van der Waals surface area contributed by atoms with Crippen molar-refractivity contribution in [2.75, 3.05) is 6.61 Å². The third kappa shape index (κ3) is 10.5. The fourth-order valence-electron chi connectivity index (χ4n) is 5.59. The topological polar surface area (TPSA) is 46.2 Å². The van der Waals surface area contributed by atoms with Gasteiger partial charge in [0, 0.05) is 11.6 Å². The first-order valence-electron chi connectivity index (χ1n) is 16.8. The summed E-state index contributed by atoms with van der Waals surface area (Å²) in [6, 6.07) is 50.1. The van der Waals surface area contributed by atoms with Gasteiger partial charge in [-0.1, -0.05) is 151 Å². The average Bonchev–Trinajstić information content (AvgIpc) is 3.18. The molecule has 1 saturated heterocycles. The molecule has 6 rings (SSSR count). The van der Waals surface area contributed by atoms with E-state index in [1.807, 2.05) is 152 Å². The van der Waals surface area contributed by atoms with Crippen LogP contribution in [0.2, 0.25) is 0 Å². The molecule has 0 unspecified atom stereocenters. The molecular weight excluding hydrogens is 620 g/mol. The Balaban J connectivity index is 1.33. The van der Waals surface area contributed by atoms with E-state index < -0.39 is 24.4 Å². The Morgan fingerprint density at radius 2 is 0.960 bits per heavy atom. The van der Waals surface area contributed by atoms with Crippen molar-refractivity contribution in [3.05, 3.63) is 191 Å². The van der Waals surface area contributed by atoms with Crippen molar-refractivity contribution in [3.63, 3.8) is 0 Å². The Morgan fingerprint density at radius 3 is 1.50 bits per heavy atom. The van der Waals surface area contributed by atoms with E-state index in [1.165, 1.54) is 0 Å². The minimum atomic E-state index is -0.624. The van der Waals surface area contributed by atoms with Crippen LogP contribution < -0.4 is 0 Å². The monoisotopic (exact) mass is 660 g/mol. The second-order valence-electron chi connectivity index (χ2n) is 11.8. The second kappa shape index (κ2) is 19.0. The maximum absolute atomic E-state index is 6.78. The molecule has 0 spiro atoms. The van der Waals surface area contributed by atoms with Crippen LogP contribution in [-0.4, -0.2) is 31.0 Å². The predicted octanol–water partition coefficient (Wildman–Crippen LogP) is 8.30. The van der Waals surface area contributed by atoms with E-state index in [0.29, 0.717) is 32.2 Å². The Hall–Kier alpha value is -5.40. The quantitative estimate of drug-likeness (QED) is 0.119. The van der Waals surface area contributed by atoms with Gasteiger partial charge in [-0.3, -0.25) is 0 Å². The molecule has 250 valence electrons. The van der Waals surface area contributed by atoms with Gasteiger partial charge in [0.1, 0.15) is 24.1 Å². The number of allylic oxidation sites excluding steroid dienone is 1. The molecule has 0 saturated carbocycles. The van der Waals surface area contributed by atoms with E-state index in [-0.39, 0.29) is 6.61 Å². The van der Waals surface area contributed by atoms with Crippen molar-refractivity contribution in [1.82, 2.24) is 0 Å². The van der Waals surface area contributed by atoms with Crippen LogP contribution in [0.15, 0.2) is 163 Å². The molecule has 5 aromatic rings. The number of hydrogen-bond acceptors (Lipinski definition) is 5. The Morgan fingerprint density at radius 1 is 0.500 bits per heavy atom. The van der Waals surface area contributed by atoms with Crippen LogP contribution in [0.1, 0.15) is 27.8 Å². The SMILES string of the molecule is C(C#Cc1ccccc1)#C/C=C1\O[C@H](COCc2ccccc2)[C@@H](OCc2ccccc2)[C@H](OCc2ccccc2)[C@H]1OCc1ccccc1. The molecule has 0 radical (unpaired) electrons. The summed E-state index contributed by atoms with van der Waals surface area (Å²) in [5.74, 6) is 12.6. The van der Waals surface area contributed by atoms with Crippen molar-refractivity contribution in [3.8, 4) is 23.7 Å². The normalized spacial score (nSPS) is 19.0. The van der Waals surface area contributed by atoms with Crippen molar-refractivity contribution in [2.24, 2.45) is 0 Å². The van der Waals surface area contributed by atoms with Gasteiger partial charge in [0.15, 0.2) is 6.10 Å². The summed E-state index contributed by atoms with van der Waals surface area (Å²) in [6.07, 6.45) is -0.473. The lowest BCUT2D eigenvalue weighted by Gasteiger charge is -2.43. The first kappa shape index (κ1) is 34.5. The van der Waals surface area contributed by atoms with Crippen LogP contribution >= 0.6 is 0 Å². The number of ether oxygens (including phenoxy) is 5. The van der Waals surface area contributed by atoms with Crippen LogP contribution in [-0.2, 0) is 50.1 Å². The van der Waals surface area contributed by atoms with E-state index >= 15 is 0 Å². The zero-order chi connectivity index (χ0) is 34.1. The first-order valence-corrected chi connectivity index (χ1v) is 16.8. The van der Waals surface area contributed by atoms with Crippen molar-refractivity contribution in [2.45, 2.75) is 50.8 Å². The third-order valence-electron chi connectivity index (χ3n) is 8.12. The molecule has 1 aliphatic rings. The maximum Gasteiger partial charge on any atom is 0.150 e. The maximum atomic E-state index is 6.78. The number of benzene rings is 5. The fourth-order valence-corrected chi connectivity index (χ4v) is 5.59. The number of rotatable bonds is 13. The van der Waals surface area contributed by atoms with Crippen LogP contribution in [0.4, 0.5) is 0 Å². The van der Waals surface area contributed by atoms with Gasteiger partial charge < -0.3 is 23.7 Å². The molecule has 1 fully saturated rings. The van der Waals surface area contributed by atoms with Gasteiger partial charge in [-0.15, -0.1) is 0 Å². The highest BCUT2D eigenvalue weighted by molar-refractivity contribution is 5.41. The van der Waals surface area contributed by atoms with Crippen LogP contribution in [0.5, 0.6) is 0 Å². The van der Waals surface area contributed by atoms with Gasteiger partial charge in [-0.2, -0.15) is 0 Å². The second-order valence-corrected chi connectivity index (χ2v) is 11.8. The van der Waals surface area contributed by atoms with Crippen LogP contribution in [0.25, 0.3) is 0 Å². The van der Waals surface area contributed by atoms with E-state index in [1.54, 1.807) is 6.08 Å². The molecule has 0 N–H and O–H groups in total. The van der Waals surface area contributed by atoms with Gasteiger partial charge in [-0.25, -0.2) is 0 Å². The fraction of sp³-hybridized carbons (Fsp3) is 0.200. The van der Waals surface area contributed by atoms with Crippen LogP contribution in [0.3, 0.4) is 0 Å². The van der Waals surface area contributed by atoms with Crippen molar-refractivity contribution >= 4 is 0 Å². The highest BCUT2D eigenvalue weighted by Crippen LogP contribution is 2.33. The van der Waals surface area contributed by atoms with Crippen LogP contribution in [0, 0.1) is 23.7 Å². The first-order chi connectivity index (χ1) is 24.8. The zero-order valence-corrected chi connectivity index (χ0v) is 27.9. The van der Waals surface area contributed by atoms with Crippen molar-refractivity contribution < 1.29 is 23.7 Å². The van der Waals surface area contributed by atoms with E-state index in [9.17, 15) is 0 Å². The highest BCUT2D eigenvalue weighted by Gasteiger charge is 2.46. The molecule has 0 amide bonds. The molecular formula is C45H40O5. The summed E-state index contributed by atoms with van der Waals surface area (Å²) in [5.41, 5.74) is 5.09. The van der Waals surface area contributed by atoms with Crippen molar-refractivity contribution in [1.29, 1.82) is 0 Å². The van der Waals surface area contributed by atoms with E-state index in [0.717, 1.165) is 27.8 Å². The molecule has 1 heterocycles. The van der Waals surface area contributed by atoms with Gasteiger partial charge in [0.05, 0.1) is 33.0 Å². The van der Waals surface area contributed by atoms with E-state index in [2.05, 4.69) is 23.7 Å². The van der Waals surface area contributed by atoms with Gasteiger partial charge in [0.2, 0.25) is 0 Å². The summed E-state index contributed by atoms with van der Waals surface area (Å²) >= 11 is 0. The van der Waals surface area contributed by atoms with Gasteiger partial charge in [0.25, 0.3) is 0 Å². The van der Waals surface area contributed by atoms with E-state index in [4.69, 9.17) is 23.7 Å². The molecule has 4 atom stereocenters. The summed E-state index contributed by atoms with van der Waals surface area (Å²) in [5, 5.41) is 0. The molecule has 5 aromatic carbocycles. The largest absolute Gasteiger partial charge is 0.486 e. The minimum absolute atomic E-state index is 0.267. The summed E-state index contributed by atoms with van der Waals surface area (Å²) in [4.78, 5) is 0. The Labute approximate surface area is 295 Å².